The van der Waals surface area contributed by atoms with Crippen LogP contribution in [0.4, 0.5) is 11.4 Å². The van der Waals surface area contributed by atoms with Crippen molar-refractivity contribution in [2.45, 2.75) is 33.9 Å². The minimum atomic E-state index is -4.58. The number of hydrogen-bond acceptors (Lipinski definition) is 10. The molecule has 0 fully saturated rings. The zero-order valence-corrected chi connectivity index (χ0v) is 34.3. The first-order valence-electron chi connectivity index (χ1n) is 17.8. The average Bonchev–Trinajstić information content (AvgIpc) is 3.18. The maximum atomic E-state index is 12.1. The van der Waals surface area contributed by atoms with Gasteiger partial charge in [0.2, 0.25) is 11.0 Å². The van der Waals surface area contributed by atoms with Crippen molar-refractivity contribution in [1.29, 1.82) is 0 Å². The number of nitrogens with zero attached hydrogens (tertiary/aromatic N) is 2. The number of hydrogen-bond donors (Lipinski definition) is 3. The first-order valence-corrected chi connectivity index (χ1v) is 23.1. The van der Waals surface area contributed by atoms with E-state index >= 15 is 0 Å². The number of aromatic nitrogens is 1. The molecule has 0 amide bonds. The third-order valence-electron chi connectivity index (χ3n) is 10.2. The number of rotatable bonds is 11. The third kappa shape index (κ3) is 8.11. The van der Waals surface area contributed by atoms with Crippen molar-refractivity contribution in [3.8, 4) is 0 Å². The number of para-hydroxylation sites is 1. The zero-order chi connectivity index (χ0) is 41.6. The highest BCUT2D eigenvalue weighted by molar-refractivity contribution is 8.03. The molecule has 1 aliphatic heterocycles. The van der Waals surface area contributed by atoms with Crippen molar-refractivity contribution in [1.82, 2.24) is 0 Å². The van der Waals surface area contributed by atoms with Crippen molar-refractivity contribution < 1.29 is 53.0 Å². The molecule has 0 atom stereocenters. The molecular weight excluding hydrogens is 825 g/mol. The monoisotopic (exact) mass is 861 g/mol. The van der Waals surface area contributed by atoms with Crippen LogP contribution in [-0.2, 0) is 46.9 Å². The molecule has 1 aromatic heterocycles. The highest BCUT2D eigenvalue weighted by Crippen LogP contribution is 2.46. The summed E-state index contributed by atoms with van der Waals surface area (Å²) in [4.78, 5) is 12.6. The largest absolute Gasteiger partial charge is 0.467 e. The predicted molar refractivity (Wildman–Crippen MR) is 223 cm³/mol. The molecule has 0 radical (unpaired) electrons. The number of aryl methyl sites for hydroxylation is 1. The molecule has 4 aromatic carbocycles. The molecule has 17 heteroatoms. The smallest absolute Gasteiger partial charge is 0.294 e. The van der Waals surface area contributed by atoms with Crippen molar-refractivity contribution in [2.24, 2.45) is 7.05 Å². The minimum absolute atomic E-state index is 0.170. The van der Waals surface area contributed by atoms with Gasteiger partial charge in [0, 0.05) is 46.5 Å². The molecule has 0 bridgehead atoms. The molecule has 0 spiro atoms. The highest BCUT2D eigenvalue weighted by atomic mass is 32.2. The van der Waals surface area contributed by atoms with Gasteiger partial charge in [0.05, 0.1) is 31.9 Å². The molecule has 58 heavy (non-hydrogen) atoms. The Balaban J connectivity index is 1.39. The van der Waals surface area contributed by atoms with E-state index in [1.165, 1.54) is 48.2 Å². The number of benzene rings is 4. The first kappa shape index (κ1) is 41.0. The van der Waals surface area contributed by atoms with Gasteiger partial charge in [-0.3, -0.25) is 18.5 Å². The van der Waals surface area contributed by atoms with Crippen LogP contribution in [0.1, 0.15) is 36.0 Å². The Kier molecular flexibility index (Phi) is 11.2. The second kappa shape index (κ2) is 15.9. The summed E-state index contributed by atoms with van der Waals surface area (Å²) >= 11 is 1.52. The summed E-state index contributed by atoms with van der Waals surface area (Å²) < 4.78 is 109. The van der Waals surface area contributed by atoms with Crippen LogP contribution in [0, 0.1) is 0 Å². The van der Waals surface area contributed by atoms with E-state index in [4.69, 9.17) is 4.74 Å². The van der Waals surface area contributed by atoms with Gasteiger partial charge in [-0.25, -0.2) is 0 Å². The summed E-state index contributed by atoms with van der Waals surface area (Å²) in [6.07, 6.45) is 10.1. The van der Waals surface area contributed by atoms with Gasteiger partial charge in [-0.1, -0.05) is 48.6 Å². The number of allylic oxidation sites excluding steroid dienone is 5. The van der Waals surface area contributed by atoms with Gasteiger partial charge in [-0.2, -0.15) is 29.8 Å². The van der Waals surface area contributed by atoms with E-state index in [1.807, 2.05) is 60.2 Å². The van der Waals surface area contributed by atoms with Gasteiger partial charge in [-0.15, -0.1) is 11.8 Å². The molecule has 1 aliphatic carbocycles. The second-order valence-corrected chi connectivity index (χ2v) is 19.0. The molecular formula is C41H37N2O11S4+. The Morgan fingerprint density at radius 1 is 0.741 bits per heavy atom. The van der Waals surface area contributed by atoms with Crippen LogP contribution in [0.2, 0.25) is 0 Å². The number of thioether (sulfide) groups is 1. The number of anilines is 2. The van der Waals surface area contributed by atoms with Crippen molar-refractivity contribution in [3.05, 3.63) is 130 Å². The van der Waals surface area contributed by atoms with Crippen LogP contribution in [0.15, 0.2) is 128 Å². The van der Waals surface area contributed by atoms with Crippen molar-refractivity contribution >= 4 is 93.4 Å². The van der Waals surface area contributed by atoms with E-state index in [0.29, 0.717) is 52.2 Å². The molecule has 0 unspecified atom stereocenters. The van der Waals surface area contributed by atoms with Gasteiger partial charge in [0.1, 0.15) is 18.6 Å². The Bertz CT molecular complexity index is 2920. The lowest BCUT2D eigenvalue weighted by atomic mass is 9.89. The summed E-state index contributed by atoms with van der Waals surface area (Å²) in [6, 6.07) is 20.6. The van der Waals surface area contributed by atoms with Crippen LogP contribution in [-0.4, -0.2) is 64.8 Å². The summed E-state index contributed by atoms with van der Waals surface area (Å²) in [6.45, 7) is 0.565. The Morgan fingerprint density at radius 2 is 1.33 bits per heavy atom. The lowest BCUT2D eigenvalue weighted by Gasteiger charge is -2.32. The lowest BCUT2D eigenvalue weighted by molar-refractivity contribution is -0.617. The summed E-state index contributed by atoms with van der Waals surface area (Å²) in [5.41, 5.74) is 6.88. The van der Waals surface area contributed by atoms with Gasteiger partial charge in [-0.05, 0) is 78.4 Å². The number of pyridine rings is 1. The van der Waals surface area contributed by atoms with Crippen molar-refractivity contribution in [2.75, 3.05) is 24.3 Å². The standard InChI is InChI=1S/C41H36N2O11S4/c1-42-37-9-4-3-8-33(37)31(34-17-12-28(22-38(34)42)56(45,46)47)15-10-26-6-5-7-27(41(26)55-21-20-54-25-44)11-16-32-35-18-13-29(57(48,49)50)23-39(35)43(2)40-24-30(58(51,52)53)14-19-36(32)40/h3-4,8-19,22-25H,5-7,20-21H2,1-2H3,(H2-,45,46,47,48,49,50,51,52,53)/p+1. The molecule has 0 saturated carbocycles. The lowest BCUT2D eigenvalue weighted by Crippen LogP contribution is -2.30. The van der Waals surface area contributed by atoms with Gasteiger partial charge >= 0.3 is 0 Å². The number of ether oxygens (including phenoxy) is 1. The number of carbonyl (C=O) groups is 1. The normalized spacial score (nSPS) is 15.6. The van der Waals surface area contributed by atoms with Gasteiger partial charge in [0.15, 0.2) is 0 Å². The van der Waals surface area contributed by atoms with Crippen molar-refractivity contribution in [3.63, 3.8) is 0 Å². The molecule has 13 nitrogen and oxygen atoms in total. The molecule has 300 valence electrons. The summed E-state index contributed by atoms with van der Waals surface area (Å²) in [5.74, 6) is 0.456. The maximum Gasteiger partial charge on any atom is 0.294 e. The van der Waals surface area contributed by atoms with E-state index in [2.05, 4.69) is 0 Å². The molecule has 5 aromatic rings. The van der Waals surface area contributed by atoms with E-state index in [1.54, 1.807) is 30.1 Å². The SMILES string of the molecule is CN1c2cc(S(=O)(=O)O)ccc2C(=C/C=C2\CCCC(/C=C/c3c4ccccc4[n+](C)c4cc(S(=O)(=O)O)ccc34)=C2SCCOC=O)c2ccc(S(=O)(=O)O)cc21. The molecule has 2 heterocycles. The number of fused-ring (bicyclic) bond motifs is 4. The van der Waals surface area contributed by atoms with E-state index in [-0.39, 0.29) is 21.3 Å². The van der Waals surface area contributed by atoms with Gasteiger partial charge in [0.25, 0.3) is 36.8 Å². The summed E-state index contributed by atoms with van der Waals surface area (Å²) in [5, 5.41) is 1.69. The zero-order valence-electron chi connectivity index (χ0n) is 31.1. The quantitative estimate of drug-likeness (QED) is 0.0402. The highest BCUT2D eigenvalue weighted by Gasteiger charge is 2.28. The fourth-order valence-electron chi connectivity index (χ4n) is 7.45. The average molecular weight is 862 g/mol. The van der Waals surface area contributed by atoms with E-state index in [0.717, 1.165) is 50.7 Å². The van der Waals surface area contributed by atoms with Crippen LogP contribution in [0.3, 0.4) is 0 Å². The second-order valence-electron chi connectivity index (χ2n) is 13.6. The first-order chi connectivity index (χ1) is 27.5. The van der Waals surface area contributed by atoms with Crippen LogP contribution in [0.25, 0.3) is 33.5 Å². The van der Waals surface area contributed by atoms with E-state index in [9.17, 15) is 43.7 Å². The molecule has 0 saturated heterocycles. The van der Waals surface area contributed by atoms with Crippen LogP contribution in [0.5, 0.6) is 0 Å². The predicted octanol–water partition coefficient (Wildman–Crippen LogP) is 7.05. The molecule has 2 aliphatic rings. The Hall–Kier alpha value is -5.14. The molecule has 3 N–H and O–H groups in total. The third-order valence-corrected chi connectivity index (χ3v) is 13.9. The fourth-order valence-corrected chi connectivity index (χ4v) is 10.0. The maximum absolute atomic E-state index is 12.1. The van der Waals surface area contributed by atoms with E-state index < -0.39 is 30.4 Å². The Morgan fingerprint density at radius 3 is 1.95 bits per heavy atom. The minimum Gasteiger partial charge on any atom is -0.467 e. The fraction of sp³-hybridized carbons (Fsp3) is 0.171. The molecule has 7 rings (SSSR count). The summed E-state index contributed by atoms with van der Waals surface area (Å²) in [7, 11) is -10.2. The Labute approximate surface area is 339 Å². The van der Waals surface area contributed by atoms with Crippen LogP contribution >= 0.6 is 11.8 Å². The number of carbonyl (C=O) groups excluding carboxylic acids is 1. The van der Waals surface area contributed by atoms with Crippen LogP contribution < -0.4 is 9.47 Å². The van der Waals surface area contributed by atoms with Gasteiger partial charge < -0.3 is 9.64 Å². The topological polar surface area (TPSA) is 197 Å².